The van der Waals surface area contributed by atoms with Gasteiger partial charge in [-0.1, -0.05) is 34.1 Å². The summed E-state index contributed by atoms with van der Waals surface area (Å²) in [7, 11) is 1.41. The Labute approximate surface area is 126 Å². The van der Waals surface area contributed by atoms with Crippen molar-refractivity contribution in [1.82, 2.24) is 0 Å². The number of hydrogen-bond acceptors (Lipinski definition) is 1. The van der Waals surface area contributed by atoms with Crippen molar-refractivity contribution in [2.24, 2.45) is 0 Å². The molecule has 2 aromatic carbocycles. The first-order valence-electron chi connectivity index (χ1n) is 5.46. The molecule has 0 bridgehead atoms. The summed E-state index contributed by atoms with van der Waals surface area (Å²) >= 11 is 6.66. The summed E-state index contributed by atoms with van der Waals surface area (Å²) < 4.78 is 32.4. The van der Waals surface area contributed by atoms with Crippen LogP contribution in [0.25, 0.3) is 0 Å². The lowest BCUT2D eigenvalue weighted by molar-refractivity contribution is 0.386. The molecule has 1 nitrogen and oxygen atoms in total. The minimum atomic E-state index is -0.447. The topological polar surface area (TPSA) is 9.23 Å². The lowest BCUT2D eigenvalue weighted by Gasteiger charge is -2.14. The Morgan fingerprint density at radius 1 is 1.11 bits per heavy atom. The van der Waals surface area contributed by atoms with E-state index in [2.05, 4.69) is 31.9 Å². The lowest BCUT2D eigenvalue weighted by Crippen LogP contribution is -1.97. The molecule has 1 unspecified atom stereocenters. The van der Waals surface area contributed by atoms with Gasteiger partial charge in [0.2, 0.25) is 0 Å². The highest BCUT2D eigenvalue weighted by molar-refractivity contribution is 9.11. The Kier molecular flexibility index (Phi) is 4.58. The first-order chi connectivity index (χ1) is 9.04. The van der Waals surface area contributed by atoms with Crippen molar-refractivity contribution < 1.29 is 13.5 Å². The fraction of sp³-hybridized carbons (Fsp3) is 0.143. The molecule has 0 radical (unpaired) electrons. The smallest absolute Gasteiger partial charge is 0.165 e. The van der Waals surface area contributed by atoms with Gasteiger partial charge < -0.3 is 4.74 Å². The van der Waals surface area contributed by atoms with E-state index in [1.807, 2.05) is 0 Å². The van der Waals surface area contributed by atoms with E-state index in [9.17, 15) is 8.78 Å². The number of halogens is 4. The monoisotopic (exact) mass is 390 g/mol. The number of alkyl halides is 1. The van der Waals surface area contributed by atoms with Crippen molar-refractivity contribution in [3.05, 3.63) is 63.6 Å². The summed E-state index contributed by atoms with van der Waals surface area (Å²) in [5.41, 5.74) is 1.38. The Balaban J connectivity index is 2.41. The second-order valence-corrected chi connectivity index (χ2v) is 5.61. The number of methoxy groups -OCH3 is 1. The highest BCUT2D eigenvalue weighted by atomic mass is 79.9. The van der Waals surface area contributed by atoms with Crippen molar-refractivity contribution >= 4 is 31.9 Å². The summed E-state index contributed by atoms with van der Waals surface area (Å²) in [5.74, 6) is -0.616. The molecule has 0 aliphatic carbocycles. The number of hydrogen-bond donors (Lipinski definition) is 0. The minimum absolute atomic E-state index is 0.182. The predicted molar refractivity (Wildman–Crippen MR) is 77.8 cm³/mol. The van der Waals surface area contributed by atoms with Crippen molar-refractivity contribution in [3.63, 3.8) is 0 Å². The largest absolute Gasteiger partial charge is 0.494 e. The van der Waals surface area contributed by atoms with Crippen LogP contribution in [0.15, 0.2) is 40.9 Å². The van der Waals surface area contributed by atoms with Crippen LogP contribution in [0, 0.1) is 11.6 Å². The molecule has 0 saturated carbocycles. The number of ether oxygens (including phenoxy) is 1. The van der Waals surface area contributed by atoms with Gasteiger partial charge in [0.25, 0.3) is 0 Å². The Hall–Kier alpha value is -0.940. The average Bonchev–Trinajstić information content (AvgIpc) is 2.41. The zero-order valence-corrected chi connectivity index (χ0v) is 13.1. The zero-order chi connectivity index (χ0) is 14.0. The summed E-state index contributed by atoms with van der Waals surface area (Å²) in [4.78, 5) is -0.307. The third kappa shape index (κ3) is 2.98. The van der Waals surface area contributed by atoms with Crippen LogP contribution < -0.4 is 4.74 Å². The maximum absolute atomic E-state index is 13.7. The van der Waals surface area contributed by atoms with Crippen molar-refractivity contribution in [2.45, 2.75) is 4.83 Å². The van der Waals surface area contributed by atoms with Crippen LogP contribution in [0.2, 0.25) is 0 Å². The van der Waals surface area contributed by atoms with Crippen LogP contribution in [-0.2, 0) is 0 Å². The van der Waals surface area contributed by atoms with Crippen LogP contribution >= 0.6 is 31.9 Å². The second kappa shape index (κ2) is 6.01. The van der Waals surface area contributed by atoms with Crippen molar-refractivity contribution in [2.75, 3.05) is 7.11 Å². The maximum atomic E-state index is 13.7. The Morgan fingerprint density at radius 3 is 2.47 bits per heavy atom. The number of rotatable bonds is 3. The average molecular weight is 392 g/mol. The quantitative estimate of drug-likeness (QED) is 0.651. The molecule has 0 aromatic heterocycles. The van der Waals surface area contributed by atoms with Crippen LogP contribution in [0.5, 0.6) is 5.75 Å². The molecule has 0 spiro atoms. The van der Waals surface area contributed by atoms with Gasteiger partial charge in [-0.05, 0) is 45.3 Å². The van der Waals surface area contributed by atoms with E-state index in [0.29, 0.717) is 15.6 Å². The summed E-state index contributed by atoms with van der Waals surface area (Å²) in [6, 6.07) is 9.40. The van der Waals surface area contributed by atoms with Gasteiger partial charge in [0.15, 0.2) is 11.6 Å². The predicted octanol–water partition coefficient (Wildman–Crippen LogP) is 5.22. The fourth-order valence-corrected chi connectivity index (χ4v) is 3.20. The van der Waals surface area contributed by atoms with Gasteiger partial charge in [-0.2, -0.15) is 0 Å². The zero-order valence-electron chi connectivity index (χ0n) is 9.96. The van der Waals surface area contributed by atoms with Gasteiger partial charge in [-0.15, -0.1) is 0 Å². The van der Waals surface area contributed by atoms with Gasteiger partial charge in [0.1, 0.15) is 5.82 Å². The van der Waals surface area contributed by atoms with Gasteiger partial charge in [0.05, 0.1) is 16.4 Å². The third-order valence-corrected chi connectivity index (χ3v) is 4.58. The molecule has 2 aromatic rings. The normalized spacial score (nSPS) is 12.3. The molecule has 0 amide bonds. The molecule has 0 fully saturated rings. The standard InChI is InChI=1S/C14H10Br2F2O/c1-19-12-6-5-8(7-11(12)18)13(15)9-3-2-4-10(17)14(9)16/h2-7,13H,1H3. The molecular formula is C14H10Br2F2O. The second-order valence-electron chi connectivity index (χ2n) is 3.90. The van der Waals surface area contributed by atoms with Crippen molar-refractivity contribution in [1.29, 1.82) is 0 Å². The third-order valence-electron chi connectivity index (χ3n) is 2.72. The van der Waals surface area contributed by atoms with Gasteiger partial charge in [-0.25, -0.2) is 8.78 Å². The van der Waals surface area contributed by atoms with E-state index in [1.54, 1.807) is 24.3 Å². The molecule has 0 aliphatic heterocycles. The molecular weight excluding hydrogens is 382 g/mol. The molecule has 0 aliphatic rings. The van der Waals surface area contributed by atoms with Crippen LogP contribution in [-0.4, -0.2) is 7.11 Å². The molecule has 0 N–H and O–H groups in total. The summed E-state index contributed by atoms with van der Waals surface area (Å²) in [6.45, 7) is 0. The first kappa shape index (κ1) is 14.5. The van der Waals surface area contributed by atoms with E-state index in [1.165, 1.54) is 19.2 Å². The molecule has 1 atom stereocenters. The molecule has 0 heterocycles. The molecule has 5 heteroatoms. The first-order valence-corrected chi connectivity index (χ1v) is 7.17. The molecule has 2 rings (SSSR count). The maximum Gasteiger partial charge on any atom is 0.165 e. The Bertz CT molecular complexity index is 602. The highest BCUT2D eigenvalue weighted by Gasteiger charge is 2.17. The highest BCUT2D eigenvalue weighted by Crippen LogP contribution is 2.37. The van der Waals surface area contributed by atoms with E-state index in [-0.39, 0.29) is 16.4 Å². The lowest BCUT2D eigenvalue weighted by atomic mass is 10.0. The SMILES string of the molecule is COc1ccc(C(Br)c2cccc(F)c2Br)cc1F. The van der Waals surface area contributed by atoms with E-state index < -0.39 is 5.82 Å². The van der Waals surface area contributed by atoms with Gasteiger partial charge in [-0.3, -0.25) is 0 Å². The van der Waals surface area contributed by atoms with E-state index in [0.717, 1.165) is 0 Å². The van der Waals surface area contributed by atoms with Gasteiger partial charge >= 0.3 is 0 Å². The minimum Gasteiger partial charge on any atom is -0.494 e. The van der Waals surface area contributed by atoms with Crippen LogP contribution in [0.1, 0.15) is 16.0 Å². The molecule has 19 heavy (non-hydrogen) atoms. The number of benzene rings is 2. The summed E-state index contributed by atoms with van der Waals surface area (Å²) in [5, 5.41) is 0. The van der Waals surface area contributed by atoms with Gasteiger partial charge in [0, 0.05) is 0 Å². The van der Waals surface area contributed by atoms with Crippen molar-refractivity contribution in [3.8, 4) is 5.75 Å². The molecule has 100 valence electrons. The van der Waals surface area contributed by atoms with Crippen LogP contribution in [0.4, 0.5) is 8.78 Å². The fourth-order valence-electron chi connectivity index (χ4n) is 1.74. The summed E-state index contributed by atoms with van der Waals surface area (Å²) in [6.07, 6.45) is 0. The Morgan fingerprint density at radius 2 is 1.84 bits per heavy atom. The molecule has 0 saturated heterocycles. The van der Waals surface area contributed by atoms with Crippen LogP contribution in [0.3, 0.4) is 0 Å². The van der Waals surface area contributed by atoms with E-state index >= 15 is 0 Å². The van der Waals surface area contributed by atoms with E-state index in [4.69, 9.17) is 4.74 Å².